The molecule has 6 unspecified atom stereocenters. The Bertz CT molecular complexity index is 1180. The number of nitrogens with zero attached hydrogens (tertiary/aromatic N) is 4. The van der Waals surface area contributed by atoms with Crippen molar-refractivity contribution in [1.82, 2.24) is 19.5 Å². The number of anilines is 1. The molecule has 3 heterocycles. The number of methoxy groups -OCH3 is 1. The Hall–Kier alpha value is -0.970. The highest BCUT2D eigenvalue weighted by molar-refractivity contribution is 7.81. The van der Waals surface area contributed by atoms with Gasteiger partial charge in [-0.3, -0.25) is 9.09 Å². The van der Waals surface area contributed by atoms with E-state index in [-0.39, 0.29) is 5.82 Å². The van der Waals surface area contributed by atoms with Crippen LogP contribution in [0.25, 0.3) is 11.2 Å². The summed E-state index contributed by atoms with van der Waals surface area (Å²) in [5, 5.41) is -0.795. The van der Waals surface area contributed by atoms with Crippen molar-refractivity contribution in [3.63, 3.8) is 0 Å². The van der Waals surface area contributed by atoms with E-state index in [9.17, 15) is 23.5 Å². The van der Waals surface area contributed by atoms with Crippen LogP contribution in [0.2, 0.25) is 0 Å². The van der Waals surface area contributed by atoms with Gasteiger partial charge in [-0.1, -0.05) is 0 Å². The van der Waals surface area contributed by atoms with Crippen LogP contribution in [0.5, 0.6) is 0 Å². The number of thiol groups is 1. The zero-order valence-electron chi connectivity index (χ0n) is 16.8. The Balaban J connectivity index is 1.79. The number of ether oxygens (including phenoxy) is 2. The Morgan fingerprint density at radius 3 is 2.45 bits per heavy atom. The number of fused-ring (bicyclic) bond motifs is 1. The molecule has 0 amide bonds. The largest absolute Gasteiger partial charge is 0.490 e. The first-order valence-electron chi connectivity index (χ1n) is 8.67. The van der Waals surface area contributed by atoms with Crippen molar-refractivity contribution in [2.45, 2.75) is 30.1 Å². The molecule has 33 heavy (non-hydrogen) atoms. The van der Waals surface area contributed by atoms with Crippen molar-refractivity contribution >= 4 is 53.1 Å². The van der Waals surface area contributed by atoms with Crippen LogP contribution in [0.4, 0.5) is 5.82 Å². The van der Waals surface area contributed by atoms with Gasteiger partial charge in [-0.05, 0) is 6.92 Å². The summed E-state index contributed by atoms with van der Waals surface area (Å²) in [7, 11) is -15.2. The zero-order valence-corrected chi connectivity index (χ0v) is 20.4. The highest BCUT2D eigenvalue weighted by Crippen LogP contribution is 2.66. The third-order valence-electron chi connectivity index (χ3n) is 4.47. The monoisotopic (exact) mass is 551 g/mol. The van der Waals surface area contributed by atoms with Gasteiger partial charge in [0.15, 0.2) is 17.7 Å². The molecule has 17 nitrogen and oxygen atoms in total. The van der Waals surface area contributed by atoms with Crippen molar-refractivity contribution in [2.24, 2.45) is 0 Å². The van der Waals surface area contributed by atoms with Crippen LogP contribution in [0.1, 0.15) is 13.2 Å². The first kappa shape index (κ1) is 26.6. The third-order valence-corrected chi connectivity index (χ3v) is 9.09. The fourth-order valence-corrected chi connectivity index (χ4v) is 6.58. The van der Waals surface area contributed by atoms with E-state index in [0.717, 1.165) is 0 Å². The number of nitrogens with two attached hydrogens (primary N) is 1. The van der Waals surface area contributed by atoms with E-state index in [2.05, 4.69) is 36.2 Å². The van der Waals surface area contributed by atoms with Crippen LogP contribution in [0, 0.1) is 0 Å². The lowest BCUT2D eigenvalue weighted by atomic mass is 10.0. The smallest absolute Gasteiger partial charge is 0.382 e. The Kier molecular flexibility index (Phi) is 7.46. The molecular formula is C12H20N5O12P3S. The molecule has 0 bridgehead atoms. The number of aromatic nitrogens is 4. The van der Waals surface area contributed by atoms with E-state index in [1.54, 1.807) is 0 Å². The summed E-state index contributed by atoms with van der Waals surface area (Å²) in [6, 6.07) is 0. The van der Waals surface area contributed by atoms with Gasteiger partial charge >= 0.3 is 23.5 Å². The van der Waals surface area contributed by atoms with Crippen LogP contribution in [0.3, 0.4) is 0 Å². The van der Waals surface area contributed by atoms with Gasteiger partial charge in [0.05, 0.1) is 18.2 Å². The second-order valence-corrected chi connectivity index (χ2v) is 11.9. The van der Waals surface area contributed by atoms with Gasteiger partial charge in [-0.15, -0.1) is 0 Å². The number of imidazole rings is 1. The summed E-state index contributed by atoms with van der Waals surface area (Å²) in [6.07, 6.45) is 0.920. The van der Waals surface area contributed by atoms with Crippen molar-refractivity contribution in [3.05, 3.63) is 12.7 Å². The highest BCUT2D eigenvalue weighted by Gasteiger charge is 2.54. The molecule has 0 aromatic carbocycles. The molecule has 6 atom stereocenters. The number of nitrogen functional groups attached to an aromatic ring is 1. The lowest BCUT2D eigenvalue weighted by Crippen LogP contribution is -2.41. The van der Waals surface area contributed by atoms with Gasteiger partial charge in [0.2, 0.25) is 0 Å². The maximum Gasteiger partial charge on any atom is 0.490 e. The molecule has 6 N–H and O–H groups in total. The Labute approximate surface area is 191 Å². The summed E-state index contributed by atoms with van der Waals surface area (Å²) in [5.41, 5.74) is 4.95. The van der Waals surface area contributed by atoms with Gasteiger partial charge in [0, 0.05) is 7.11 Å². The van der Waals surface area contributed by atoms with E-state index in [1.165, 1.54) is 31.3 Å². The van der Waals surface area contributed by atoms with Crippen LogP contribution in [-0.2, 0) is 36.3 Å². The summed E-state index contributed by atoms with van der Waals surface area (Å²) in [4.78, 5) is 48.3. The Morgan fingerprint density at radius 2 is 1.85 bits per heavy atom. The molecular weight excluding hydrogens is 531 g/mol. The molecule has 21 heteroatoms. The molecule has 1 aliphatic heterocycles. The van der Waals surface area contributed by atoms with E-state index in [0.29, 0.717) is 11.2 Å². The second kappa shape index (κ2) is 9.24. The molecule has 1 aliphatic rings. The standard InChI is InChI=1S/C12H20N5O12P3S/c1-12(3-26-31(21,22)29-32(23,24)28-30(18,19)20)8(33)7(25-2)11(27-12)17-5-16-6-9(13)14-4-15-10(6)17/h4-5,7-8,11,33H,3H2,1-2H3,(H,21,22)(H,23,24)(H2,13,14,15)(H2,18,19,20). The minimum absolute atomic E-state index is 0.128. The SMILES string of the molecule is COC1C(n2cnc3c(N)ncnc32)OC(C)(COP(=O)(O)OP(=O)(O)OP(=O)(O)O)C1S. The second-order valence-electron chi connectivity index (χ2n) is 6.91. The van der Waals surface area contributed by atoms with Gasteiger partial charge in [0.25, 0.3) is 0 Å². The molecule has 186 valence electrons. The molecule has 0 saturated carbocycles. The number of hydrogen-bond donors (Lipinski definition) is 6. The Morgan fingerprint density at radius 1 is 1.18 bits per heavy atom. The number of phosphoric acid groups is 3. The van der Waals surface area contributed by atoms with Crippen LogP contribution < -0.4 is 5.73 Å². The van der Waals surface area contributed by atoms with Crippen molar-refractivity contribution in [3.8, 4) is 0 Å². The molecule has 2 aromatic rings. The molecule has 0 radical (unpaired) electrons. The van der Waals surface area contributed by atoms with Gasteiger partial charge in [-0.25, -0.2) is 28.6 Å². The number of hydrogen-bond acceptors (Lipinski definition) is 13. The summed E-state index contributed by atoms with van der Waals surface area (Å²) < 4.78 is 59.4. The first-order chi connectivity index (χ1) is 15.1. The van der Waals surface area contributed by atoms with Gasteiger partial charge in [0.1, 0.15) is 23.5 Å². The molecule has 3 rings (SSSR count). The topological polar surface area (TPSA) is 248 Å². The summed E-state index contributed by atoms with van der Waals surface area (Å²) in [6.45, 7) is 0.717. The third kappa shape index (κ3) is 6.00. The van der Waals surface area contributed by atoms with E-state index in [4.69, 9.17) is 29.5 Å². The quantitative estimate of drug-likeness (QED) is 0.182. The molecule has 0 spiro atoms. The maximum absolute atomic E-state index is 12.1. The minimum Gasteiger partial charge on any atom is -0.382 e. The van der Waals surface area contributed by atoms with E-state index >= 15 is 0 Å². The first-order valence-corrected chi connectivity index (χ1v) is 13.7. The lowest BCUT2D eigenvalue weighted by molar-refractivity contribution is -0.1000. The van der Waals surface area contributed by atoms with Crippen molar-refractivity contribution in [2.75, 3.05) is 19.5 Å². The van der Waals surface area contributed by atoms with Gasteiger partial charge < -0.3 is 34.8 Å². The average molecular weight is 551 g/mol. The molecule has 0 aliphatic carbocycles. The molecule has 1 fully saturated rings. The van der Waals surface area contributed by atoms with Crippen LogP contribution >= 0.6 is 36.1 Å². The fraction of sp³-hybridized carbons (Fsp3) is 0.583. The van der Waals surface area contributed by atoms with Crippen LogP contribution in [-0.4, -0.2) is 69.8 Å². The minimum atomic E-state index is -5.66. The van der Waals surface area contributed by atoms with E-state index in [1.807, 2.05) is 0 Å². The molecule has 1 saturated heterocycles. The van der Waals surface area contributed by atoms with Gasteiger partial charge in [-0.2, -0.15) is 21.3 Å². The predicted molar refractivity (Wildman–Crippen MR) is 112 cm³/mol. The normalized spacial score (nSPS) is 29.7. The predicted octanol–water partition coefficient (Wildman–Crippen LogP) is 0.353. The lowest BCUT2D eigenvalue weighted by Gasteiger charge is -2.28. The van der Waals surface area contributed by atoms with Crippen molar-refractivity contribution in [1.29, 1.82) is 0 Å². The van der Waals surface area contributed by atoms with Crippen LogP contribution in [0.15, 0.2) is 12.7 Å². The maximum atomic E-state index is 12.1. The highest BCUT2D eigenvalue weighted by atomic mass is 32.1. The average Bonchev–Trinajstić information content (AvgIpc) is 3.18. The number of rotatable bonds is 9. The van der Waals surface area contributed by atoms with Crippen molar-refractivity contribution < 1.29 is 55.9 Å². The number of phosphoric ester groups is 1. The fourth-order valence-electron chi connectivity index (χ4n) is 3.07. The summed E-state index contributed by atoms with van der Waals surface area (Å²) in [5.74, 6) is 0.128. The van der Waals surface area contributed by atoms with E-state index < -0.39 is 53.3 Å². The zero-order chi connectivity index (χ0) is 24.8. The summed E-state index contributed by atoms with van der Waals surface area (Å²) >= 11 is 4.46. The molecule has 2 aromatic heterocycles.